The molecule has 4 rings (SSSR count). The molecule has 4 N–H and O–H groups in total. The number of benzene rings is 2. The summed E-state index contributed by atoms with van der Waals surface area (Å²) in [4.78, 5) is 44.3. The Kier molecular flexibility index (Phi) is 16.5. The standard InChI is InChI=1S/C47H72N4O10Si2/c1-16-18-34-41(44(53)51-27-31(3)22-33(51)29-60-63(14,15)47(7,8)9)39(61-45(49)54)25-40(42(34)56-11)58-20-17-19-57-38-24-36(48)35(23-37(38)55-10)43(52)50-26-30(2)21-32(50)28-59-62(12,13)46(4,5)6/h16,23-25,32-33H,1-3,17-22,26-29,48H2,4-15H3,(H2,49,54)/t32-,33-/m0/s1. The molecule has 0 aliphatic carbocycles. The van der Waals surface area contributed by atoms with Crippen molar-refractivity contribution in [1.29, 1.82) is 0 Å². The molecule has 2 atom stereocenters. The molecule has 2 aromatic carbocycles. The minimum atomic E-state index is -2.13. The number of methoxy groups -OCH3 is 2. The molecule has 2 fully saturated rings. The van der Waals surface area contributed by atoms with E-state index in [-0.39, 0.29) is 82.1 Å². The van der Waals surface area contributed by atoms with Crippen LogP contribution in [0.15, 0.2) is 55.2 Å². The highest BCUT2D eigenvalue weighted by molar-refractivity contribution is 6.74. The molecule has 0 radical (unpaired) electrons. The van der Waals surface area contributed by atoms with Gasteiger partial charge in [0.15, 0.2) is 39.6 Å². The van der Waals surface area contributed by atoms with Gasteiger partial charge in [0.2, 0.25) is 0 Å². The molecule has 2 aromatic rings. The maximum atomic E-state index is 14.6. The molecule has 2 saturated heterocycles. The van der Waals surface area contributed by atoms with Gasteiger partial charge in [-0.3, -0.25) is 9.59 Å². The summed E-state index contributed by atoms with van der Waals surface area (Å²) in [6, 6.07) is 4.20. The van der Waals surface area contributed by atoms with Gasteiger partial charge in [-0.2, -0.15) is 0 Å². The molecule has 16 heteroatoms. The van der Waals surface area contributed by atoms with Crippen LogP contribution in [0.2, 0.25) is 36.3 Å². The zero-order chi connectivity index (χ0) is 47.2. The lowest BCUT2D eigenvalue weighted by Gasteiger charge is -2.38. The average Bonchev–Trinajstić information content (AvgIpc) is 3.75. The lowest BCUT2D eigenvalue weighted by atomic mass is 9.99. The van der Waals surface area contributed by atoms with Crippen LogP contribution in [-0.2, 0) is 15.3 Å². The highest BCUT2D eigenvalue weighted by atomic mass is 28.4. The second-order valence-electron chi connectivity index (χ2n) is 19.5. The second-order valence-corrected chi connectivity index (χ2v) is 29.2. The van der Waals surface area contributed by atoms with Crippen molar-refractivity contribution in [3.8, 4) is 28.7 Å². The highest BCUT2D eigenvalue weighted by Crippen LogP contribution is 2.43. The third kappa shape index (κ3) is 12.1. The van der Waals surface area contributed by atoms with Gasteiger partial charge in [0, 0.05) is 42.9 Å². The molecule has 2 aliphatic heterocycles. The Morgan fingerprint density at radius 2 is 1.27 bits per heavy atom. The summed E-state index contributed by atoms with van der Waals surface area (Å²) in [5.41, 5.74) is 15.0. The topological polar surface area (TPSA) is 174 Å². The van der Waals surface area contributed by atoms with E-state index in [4.69, 9.17) is 44.0 Å². The van der Waals surface area contributed by atoms with Gasteiger partial charge in [-0.1, -0.05) is 71.9 Å². The number of rotatable bonds is 19. The molecule has 0 unspecified atom stereocenters. The van der Waals surface area contributed by atoms with Gasteiger partial charge in [0.1, 0.15) is 5.75 Å². The summed E-state index contributed by atoms with van der Waals surface area (Å²) in [6.07, 6.45) is 2.35. The summed E-state index contributed by atoms with van der Waals surface area (Å²) in [5.74, 6) is 0.540. The van der Waals surface area contributed by atoms with E-state index in [1.807, 2.05) is 0 Å². The first-order valence-corrected chi connectivity index (χ1v) is 27.4. The molecule has 0 spiro atoms. The van der Waals surface area contributed by atoms with Crippen molar-refractivity contribution in [3.05, 3.63) is 71.8 Å². The molecule has 63 heavy (non-hydrogen) atoms. The van der Waals surface area contributed by atoms with Crippen LogP contribution in [0.5, 0.6) is 28.7 Å². The quantitative estimate of drug-likeness (QED) is 0.0596. The van der Waals surface area contributed by atoms with Crippen LogP contribution in [-0.4, -0.2) is 110 Å². The van der Waals surface area contributed by atoms with E-state index in [0.717, 1.165) is 11.1 Å². The number of hydrogen-bond donors (Lipinski definition) is 2. The second kappa shape index (κ2) is 20.4. The van der Waals surface area contributed by atoms with Crippen LogP contribution in [0, 0.1) is 0 Å². The number of nitrogens with two attached hydrogens (primary N) is 2. The fourth-order valence-corrected chi connectivity index (χ4v) is 9.17. The van der Waals surface area contributed by atoms with Gasteiger partial charge < -0.3 is 53.8 Å². The van der Waals surface area contributed by atoms with Crippen molar-refractivity contribution < 1.29 is 46.9 Å². The van der Waals surface area contributed by atoms with Crippen molar-refractivity contribution in [2.75, 3.05) is 59.5 Å². The summed E-state index contributed by atoms with van der Waals surface area (Å²) < 4.78 is 42.4. The number of carbonyl (C=O) groups excluding carboxylic acids is 3. The van der Waals surface area contributed by atoms with E-state index >= 15 is 0 Å². The van der Waals surface area contributed by atoms with E-state index in [0.29, 0.717) is 68.2 Å². The minimum absolute atomic E-state index is 0.0175. The number of primary amides is 1. The van der Waals surface area contributed by atoms with Crippen LogP contribution in [0.4, 0.5) is 10.5 Å². The van der Waals surface area contributed by atoms with Gasteiger partial charge in [-0.05, 0) is 61.6 Å². The minimum Gasteiger partial charge on any atom is -0.493 e. The number of hydrogen-bond acceptors (Lipinski definition) is 11. The Bertz CT molecular complexity index is 2060. The van der Waals surface area contributed by atoms with Crippen molar-refractivity contribution >= 4 is 40.2 Å². The molecule has 2 heterocycles. The first kappa shape index (κ1) is 50.9. The van der Waals surface area contributed by atoms with E-state index in [2.05, 4.69) is 87.5 Å². The zero-order valence-electron chi connectivity index (χ0n) is 39.8. The molecule has 14 nitrogen and oxygen atoms in total. The zero-order valence-corrected chi connectivity index (χ0v) is 41.8. The Morgan fingerprint density at radius 1 is 0.762 bits per heavy atom. The Hall–Kier alpha value is -4.78. The van der Waals surface area contributed by atoms with Gasteiger partial charge in [0.05, 0.1) is 63.9 Å². The first-order valence-electron chi connectivity index (χ1n) is 21.5. The third-order valence-electron chi connectivity index (χ3n) is 12.8. The number of likely N-dealkylation sites (tertiary alicyclic amines) is 2. The number of anilines is 1. The monoisotopic (exact) mass is 908 g/mol. The lowest BCUT2D eigenvalue weighted by Crippen LogP contribution is -2.46. The molecule has 3 amide bonds. The summed E-state index contributed by atoms with van der Waals surface area (Å²) in [6.45, 7) is 35.9. The number of amides is 3. The van der Waals surface area contributed by atoms with E-state index < -0.39 is 22.7 Å². The Labute approximate surface area is 377 Å². The summed E-state index contributed by atoms with van der Waals surface area (Å²) >= 11 is 0. The van der Waals surface area contributed by atoms with Gasteiger partial charge in [-0.25, -0.2) is 4.79 Å². The van der Waals surface area contributed by atoms with Gasteiger partial charge in [0.25, 0.3) is 11.8 Å². The third-order valence-corrected chi connectivity index (χ3v) is 21.8. The summed E-state index contributed by atoms with van der Waals surface area (Å²) in [5, 5.41) is 0.0169. The van der Waals surface area contributed by atoms with Crippen molar-refractivity contribution in [2.24, 2.45) is 5.73 Å². The molecule has 2 aliphatic rings. The first-order chi connectivity index (χ1) is 29.3. The highest BCUT2D eigenvalue weighted by Gasteiger charge is 2.42. The molecule has 348 valence electrons. The van der Waals surface area contributed by atoms with E-state index in [1.165, 1.54) is 20.3 Å². The number of nitrogens with zero attached hydrogens (tertiary/aromatic N) is 2. The Balaban J connectivity index is 1.50. The SMILES string of the molecule is C=CCc1c(OC)c(OCCCOc2cc(N)c(C(=O)N3CC(=C)C[C@H]3CO[Si](C)(C)C(C)(C)C)cc2OC)cc(OC(N)=O)c1C(=O)N1CC(=C)C[C@H]1CO[Si](C)(C)C(C)(C)C. The van der Waals surface area contributed by atoms with Gasteiger partial charge >= 0.3 is 6.09 Å². The smallest absolute Gasteiger partial charge is 0.409 e. The fourth-order valence-electron chi connectivity index (χ4n) is 7.09. The molecule has 0 aromatic heterocycles. The van der Waals surface area contributed by atoms with Crippen molar-refractivity contribution in [1.82, 2.24) is 9.80 Å². The number of nitrogen functional groups attached to an aromatic ring is 1. The predicted molar refractivity (Wildman–Crippen MR) is 254 cm³/mol. The molecule has 0 bridgehead atoms. The van der Waals surface area contributed by atoms with Crippen LogP contribution >= 0.6 is 0 Å². The van der Waals surface area contributed by atoms with E-state index in [9.17, 15) is 14.4 Å². The normalized spacial score (nSPS) is 17.2. The molecular formula is C47H72N4O10Si2. The van der Waals surface area contributed by atoms with Crippen LogP contribution in [0.1, 0.15) is 87.1 Å². The van der Waals surface area contributed by atoms with Crippen molar-refractivity contribution in [2.45, 2.75) is 116 Å². The van der Waals surface area contributed by atoms with Crippen LogP contribution < -0.4 is 35.2 Å². The van der Waals surface area contributed by atoms with Crippen molar-refractivity contribution in [3.63, 3.8) is 0 Å². The maximum Gasteiger partial charge on any atom is 0.409 e. The number of ether oxygens (including phenoxy) is 5. The number of allylic oxidation sites excluding steroid dienone is 1. The van der Waals surface area contributed by atoms with Gasteiger partial charge in [-0.15, -0.1) is 6.58 Å². The maximum absolute atomic E-state index is 14.6. The molecule has 0 saturated carbocycles. The van der Waals surface area contributed by atoms with Crippen LogP contribution in [0.25, 0.3) is 0 Å². The van der Waals surface area contributed by atoms with Crippen LogP contribution in [0.3, 0.4) is 0 Å². The predicted octanol–water partition coefficient (Wildman–Crippen LogP) is 8.90. The largest absolute Gasteiger partial charge is 0.493 e. The summed E-state index contributed by atoms with van der Waals surface area (Å²) in [7, 11) is -1.20. The average molecular weight is 909 g/mol. The van der Waals surface area contributed by atoms with E-state index in [1.54, 1.807) is 28.0 Å². The Morgan fingerprint density at radius 3 is 1.73 bits per heavy atom. The lowest BCUT2D eigenvalue weighted by molar-refractivity contribution is 0.0677. The number of carbonyl (C=O) groups is 3. The molecular weight excluding hydrogens is 837 g/mol. The fraction of sp³-hybridized carbons (Fsp3) is 0.553.